The Morgan fingerprint density at radius 2 is 2.00 bits per heavy atom. The molecule has 6 heteroatoms. The molecule has 1 aromatic carbocycles. The van der Waals surface area contributed by atoms with Crippen LogP contribution in [0.3, 0.4) is 0 Å². The largest absolute Gasteiger partial charge is 0.337 e. The summed E-state index contributed by atoms with van der Waals surface area (Å²) >= 11 is 7.44. The highest BCUT2D eigenvalue weighted by atomic mass is 35.5. The number of halogens is 2. The van der Waals surface area contributed by atoms with Gasteiger partial charge in [0, 0.05) is 29.5 Å². The van der Waals surface area contributed by atoms with E-state index in [4.69, 9.17) is 11.6 Å². The number of benzene rings is 1. The molecule has 2 aromatic rings. The van der Waals surface area contributed by atoms with Crippen LogP contribution in [0.15, 0.2) is 36.4 Å². The number of nitrogens with one attached hydrogen (secondary N) is 1. The van der Waals surface area contributed by atoms with Gasteiger partial charge in [0.25, 0.3) is 5.91 Å². The minimum Gasteiger partial charge on any atom is -0.337 e. The fourth-order valence-electron chi connectivity index (χ4n) is 2.53. The maximum atomic E-state index is 12.5. The van der Waals surface area contributed by atoms with Crippen molar-refractivity contribution >= 4 is 41.3 Å². The van der Waals surface area contributed by atoms with E-state index in [9.17, 15) is 4.79 Å². The lowest BCUT2D eigenvalue weighted by molar-refractivity contribution is 0.0748. The molecule has 3 nitrogen and oxygen atoms in total. The highest BCUT2D eigenvalue weighted by Crippen LogP contribution is 2.30. The van der Waals surface area contributed by atoms with Crippen molar-refractivity contribution in [2.45, 2.75) is 12.5 Å². The van der Waals surface area contributed by atoms with Gasteiger partial charge in [-0.1, -0.05) is 23.7 Å². The monoisotopic (exact) mass is 356 g/mol. The van der Waals surface area contributed by atoms with E-state index in [-0.39, 0.29) is 18.3 Å². The second-order valence-electron chi connectivity index (χ2n) is 5.23. The fraction of sp³-hybridized carbons (Fsp3) is 0.312. The number of nitrogens with zero attached hydrogens (tertiary/aromatic N) is 1. The number of amides is 1. The molecule has 1 N–H and O–H groups in total. The Labute approximate surface area is 145 Å². The van der Waals surface area contributed by atoms with Crippen LogP contribution in [0.4, 0.5) is 0 Å². The first kappa shape index (κ1) is 17.3. The minimum atomic E-state index is 0. The van der Waals surface area contributed by atoms with Crippen molar-refractivity contribution < 1.29 is 4.79 Å². The number of thiophene rings is 1. The van der Waals surface area contributed by atoms with E-state index in [2.05, 4.69) is 5.32 Å². The van der Waals surface area contributed by atoms with E-state index in [0.29, 0.717) is 6.04 Å². The molecular weight excluding hydrogens is 339 g/mol. The average molecular weight is 357 g/mol. The summed E-state index contributed by atoms with van der Waals surface area (Å²) in [6, 6.07) is 11.9. The molecule has 0 saturated carbocycles. The molecule has 3 rings (SSSR count). The lowest BCUT2D eigenvalue weighted by Crippen LogP contribution is -2.37. The molecule has 118 valence electrons. The fourth-order valence-corrected chi connectivity index (χ4v) is 3.65. The number of likely N-dealkylation sites (N-methyl/N-ethyl adjacent to an activating group) is 1. The van der Waals surface area contributed by atoms with E-state index >= 15 is 0 Å². The predicted octanol–water partition coefficient (Wildman–Crippen LogP) is 3.92. The molecule has 1 unspecified atom stereocenters. The van der Waals surface area contributed by atoms with Gasteiger partial charge in [0.2, 0.25) is 0 Å². The van der Waals surface area contributed by atoms with Crippen molar-refractivity contribution in [1.82, 2.24) is 10.2 Å². The van der Waals surface area contributed by atoms with Gasteiger partial charge in [-0.05, 0) is 42.8 Å². The van der Waals surface area contributed by atoms with E-state index < -0.39 is 0 Å². The lowest BCUT2D eigenvalue weighted by Gasteiger charge is -2.22. The average Bonchev–Trinajstić information content (AvgIpc) is 3.18. The highest BCUT2D eigenvalue weighted by molar-refractivity contribution is 7.17. The number of hydrogen-bond donors (Lipinski definition) is 1. The Hall–Kier alpha value is -1.07. The van der Waals surface area contributed by atoms with Crippen molar-refractivity contribution in [1.29, 1.82) is 0 Å². The van der Waals surface area contributed by atoms with Gasteiger partial charge < -0.3 is 10.2 Å². The zero-order chi connectivity index (χ0) is 14.8. The van der Waals surface area contributed by atoms with Gasteiger partial charge >= 0.3 is 0 Å². The van der Waals surface area contributed by atoms with Crippen LogP contribution in [0, 0.1) is 0 Å². The summed E-state index contributed by atoms with van der Waals surface area (Å²) in [4.78, 5) is 16.3. The summed E-state index contributed by atoms with van der Waals surface area (Å²) in [5, 5.41) is 4.02. The van der Waals surface area contributed by atoms with Crippen molar-refractivity contribution in [3.8, 4) is 10.4 Å². The summed E-state index contributed by atoms with van der Waals surface area (Å²) in [6.07, 6.45) is 1.03. The second kappa shape index (κ2) is 7.47. The maximum Gasteiger partial charge on any atom is 0.263 e. The van der Waals surface area contributed by atoms with Crippen LogP contribution in [0.1, 0.15) is 16.1 Å². The molecule has 0 aliphatic carbocycles. The smallest absolute Gasteiger partial charge is 0.263 e. The van der Waals surface area contributed by atoms with Gasteiger partial charge in [0.15, 0.2) is 0 Å². The van der Waals surface area contributed by atoms with Gasteiger partial charge in [-0.3, -0.25) is 4.79 Å². The van der Waals surface area contributed by atoms with Crippen LogP contribution in [0.5, 0.6) is 0 Å². The molecule has 1 atom stereocenters. The topological polar surface area (TPSA) is 32.3 Å². The third kappa shape index (κ3) is 3.63. The molecule has 1 fully saturated rings. The first-order valence-electron chi connectivity index (χ1n) is 6.99. The Bertz CT molecular complexity index is 636. The number of hydrogen-bond acceptors (Lipinski definition) is 3. The standard InChI is InChI=1S/C16H17ClN2OS.ClH/c1-19(13-8-9-18-10-13)16(20)15-7-6-14(21-15)11-2-4-12(17)5-3-11;/h2-7,13,18H,8-10H2,1H3;1H. The summed E-state index contributed by atoms with van der Waals surface area (Å²) in [5.41, 5.74) is 1.09. The summed E-state index contributed by atoms with van der Waals surface area (Å²) < 4.78 is 0. The van der Waals surface area contributed by atoms with Gasteiger partial charge in [-0.2, -0.15) is 0 Å². The Balaban J connectivity index is 0.00000176. The zero-order valence-electron chi connectivity index (χ0n) is 12.2. The molecule has 1 aromatic heterocycles. The highest BCUT2D eigenvalue weighted by Gasteiger charge is 2.24. The molecular formula is C16H18Cl2N2OS. The number of carbonyl (C=O) groups excluding carboxylic acids is 1. The normalized spacial score (nSPS) is 17.1. The third-order valence-electron chi connectivity index (χ3n) is 3.85. The van der Waals surface area contributed by atoms with Crippen LogP contribution in [0.2, 0.25) is 5.02 Å². The quantitative estimate of drug-likeness (QED) is 0.903. The third-order valence-corrected chi connectivity index (χ3v) is 5.22. The molecule has 1 saturated heterocycles. The molecule has 2 heterocycles. The number of rotatable bonds is 3. The number of carbonyl (C=O) groups is 1. The SMILES string of the molecule is CN(C(=O)c1ccc(-c2ccc(Cl)cc2)s1)C1CCNC1.Cl. The van der Waals surface area contributed by atoms with Crippen LogP contribution in [-0.2, 0) is 0 Å². The second-order valence-corrected chi connectivity index (χ2v) is 6.75. The molecule has 0 spiro atoms. The first-order valence-corrected chi connectivity index (χ1v) is 8.18. The summed E-state index contributed by atoms with van der Waals surface area (Å²) in [6.45, 7) is 1.88. The maximum absolute atomic E-state index is 12.5. The Kier molecular flexibility index (Phi) is 5.87. The molecule has 0 bridgehead atoms. The summed E-state index contributed by atoms with van der Waals surface area (Å²) in [5.74, 6) is 0.105. The molecule has 1 amide bonds. The zero-order valence-corrected chi connectivity index (χ0v) is 14.6. The Morgan fingerprint density at radius 3 is 2.64 bits per heavy atom. The molecule has 1 aliphatic rings. The Morgan fingerprint density at radius 1 is 1.27 bits per heavy atom. The van der Waals surface area contributed by atoms with Crippen LogP contribution in [0.25, 0.3) is 10.4 Å². The van der Waals surface area contributed by atoms with Crippen LogP contribution >= 0.6 is 35.3 Å². The van der Waals surface area contributed by atoms with Crippen molar-refractivity contribution in [3.05, 3.63) is 46.3 Å². The van der Waals surface area contributed by atoms with Gasteiger partial charge in [0.1, 0.15) is 0 Å². The predicted molar refractivity (Wildman–Crippen MR) is 95.4 cm³/mol. The van der Waals surface area contributed by atoms with Crippen molar-refractivity contribution in [3.63, 3.8) is 0 Å². The summed E-state index contributed by atoms with van der Waals surface area (Å²) in [7, 11) is 1.89. The minimum absolute atomic E-state index is 0. The van der Waals surface area contributed by atoms with Gasteiger partial charge in [-0.25, -0.2) is 0 Å². The molecule has 1 aliphatic heterocycles. The molecule has 0 radical (unpaired) electrons. The van der Waals surface area contributed by atoms with E-state index in [0.717, 1.165) is 39.9 Å². The van der Waals surface area contributed by atoms with Crippen LogP contribution in [-0.4, -0.2) is 37.0 Å². The molecule has 22 heavy (non-hydrogen) atoms. The van der Waals surface area contributed by atoms with Crippen LogP contribution < -0.4 is 5.32 Å². The van der Waals surface area contributed by atoms with E-state index in [1.54, 1.807) is 0 Å². The van der Waals surface area contributed by atoms with Gasteiger partial charge in [-0.15, -0.1) is 23.7 Å². The first-order chi connectivity index (χ1) is 10.1. The lowest BCUT2D eigenvalue weighted by atomic mass is 10.2. The van der Waals surface area contributed by atoms with E-state index in [1.165, 1.54) is 11.3 Å². The van der Waals surface area contributed by atoms with Crippen molar-refractivity contribution in [2.24, 2.45) is 0 Å². The van der Waals surface area contributed by atoms with Crippen molar-refractivity contribution in [2.75, 3.05) is 20.1 Å². The van der Waals surface area contributed by atoms with Gasteiger partial charge in [0.05, 0.1) is 4.88 Å². The van der Waals surface area contributed by atoms with E-state index in [1.807, 2.05) is 48.3 Å².